The summed E-state index contributed by atoms with van der Waals surface area (Å²) in [7, 11) is 0. The summed E-state index contributed by atoms with van der Waals surface area (Å²) in [4.78, 5) is 18.9. The van der Waals surface area contributed by atoms with E-state index < -0.39 is 0 Å². The first-order valence-corrected chi connectivity index (χ1v) is 9.78. The van der Waals surface area contributed by atoms with Crippen LogP contribution in [0, 0.1) is 5.82 Å². The molecular weight excluding hydrogens is 367 g/mol. The first-order chi connectivity index (χ1) is 14.2. The van der Waals surface area contributed by atoms with E-state index in [0.717, 1.165) is 24.3 Å². The molecule has 0 unspecified atom stereocenters. The van der Waals surface area contributed by atoms with Gasteiger partial charge in [-0.25, -0.2) is 9.37 Å². The minimum absolute atomic E-state index is 0.170. The molecule has 1 saturated heterocycles. The van der Waals surface area contributed by atoms with Gasteiger partial charge in [-0.1, -0.05) is 12.1 Å². The Bertz CT molecular complexity index is 950. The Hall–Kier alpha value is -3.41. The largest absolute Gasteiger partial charge is 0.372 e. The van der Waals surface area contributed by atoms with E-state index >= 15 is 0 Å². The number of carbonyl (C=O) groups excluding carboxylic acids is 1. The standard InChI is InChI=1S/C23H23FN4O/c24-18-5-3-17(4-6-18)15-23(29)27-20-9-12-22(25-16-20)26-19-7-10-21(11-8-19)28-13-1-2-14-28/h3-12,16H,1-2,13-15H2,(H,25,26)(H,27,29). The maximum Gasteiger partial charge on any atom is 0.228 e. The number of nitrogens with one attached hydrogen (secondary N) is 2. The van der Waals surface area contributed by atoms with Gasteiger partial charge in [0.1, 0.15) is 11.6 Å². The van der Waals surface area contributed by atoms with Crippen molar-refractivity contribution in [3.05, 3.63) is 78.2 Å². The summed E-state index contributed by atoms with van der Waals surface area (Å²) in [6, 6.07) is 17.9. The lowest BCUT2D eigenvalue weighted by Gasteiger charge is -2.17. The van der Waals surface area contributed by atoms with Crippen molar-refractivity contribution in [3.63, 3.8) is 0 Å². The van der Waals surface area contributed by atoms with Gasteiger partial charge < -0.3 is 15.5 Å². The van der Waals surface area contributed by atoms with Crippen LogP contribution in [0.15, 0.2) is 66.9 Å². The number of rotatable bonds is 6. The number of pyridine rings is 1. The number of amides is 1. The number of hydrogen-bond donors (Lipinski definition) is 2. The fourth-order valence-corrected chi connectivity index (χ4v) is 3.41. The monoisotopic (exact) mass is 390 g/mol. The average Bonchev–Trinajstić information content (AvgIpc) is 3.27. The molecule has 4 rings (SSSR count). The highest BCUT2D eigenvalue weighted by atomic mass is 19.1. The summed E-state index contributed by atoms with van der Waals surface area (Å²) < 4.78 is 12.9. The van der Waals surface area contributed by atoms with E-state index in [-0.39, 0.29) is 18.1 Å². The van der Waals surface area contributed by atoms with Gasteiger partial charge in [0.25, 0.3) is 0 Å². The molecule has 1 fully saturated rings. The van der Waals surface area contributed by atoms with Crippen LogP contribution in [0.3, 0.4) is 0 Å². The Morgan fingerprint density at radius 2 is 1.62 bits per heavy atom. The minimum Gasteiger partial charge on any atom is -0.372 e. The third-order valence-electron chi connectivity index (χ3n) is 4.94. The molecule has 6 heteroatoms. The van der Waals surface area contributed by atoms with Gasteiger partial charge in [0.05, 0.1) is 18.3 Å². The summed E-state index contributed by atoms with van der Waals surface area (Å²) >= 11 is 0. The molecule has 1 aliphatic rings. The van der Waals surface area contributed by atoms with Crippen molar-refractivity contribution in [1.82, 2.24) is 4.98 Å². The van der Waals surface area contributed by atoms with Gasteiger partial charge in [-0.15, -0.1) is 0 Å². The predicted octanol–water partition coefficient (Wildman–Crippen LogP) is 4.75. The van der Waals surface area contributed by atoms with E-state index in [4.69, 9.17) is 0 Å². The van der Waals surface area contributed by atoms with Gasteiger partial charge in [-0.3, -0.25) is 4.79 Å². The molecule has 0 bridgehead atoms. The van der Waals surface area contributed by atoms with E-state index in [1.165, 1.54) is 30.7 Å². The van der Waals surface area contributed by atoms with Gasteiger partial charge in [0, 0.05) is 24.5 Å². The Balaban J connectivity index is 1.31. The summed E-state index contributed by atoms with van der Waals surface area (Å²) in [6.07, 6.45) is 4.32. The molecular formula is C23H23FN4O. The lowest BCUT2D eigenvalue weighted by Crippen LogP contribution is -2.17. The van der Waals surface area contributed by atoms with Crippen LogP contribution < -0.4 is 15.5 Å². The van der Waals surface area contributed by atoms with Crippen LogP contribution in [0.25, 0.3) is 0 Å². The molecule has 2 N–H and O–H groups in total. The number of aromatic nitrogens is 1. The van der Waals surface area contributed by atoms with E-state index in [0.29, 0.717) is 11.5 Å². The van der Waals surface area contributed by atoms with Crippen LogP contribution in [-0.4, -0.2) is 24.0 Å². The Morgan fingerprint density at radius 3 is 2.28 bits per heavy atom. The second-order valence-corrected chi connectivity index (χ2v) is 7.15. The molecule has 1 amide bonds. The summed E-state index contributed by atoms with van der Waals surface area (Å²) in [5.74, 6) is 0.221. The zero-order chi connectivity index (χ0) is 20.1. The molecule has 2 heterocycles. The van der Waals surface area contributed by atoms with Crippen molar-refractivity contribution < 1.29 is 9.18 Å². The number of nitrogens with zero attached hydrogens (tertiary/aromatic N) is 2. The Kier molecular flexibility index (Phi) is 5.70. The zero-order valence-electron chi connectivity index (χ0n) is 16.1. The van der Waals surface area contributed by atoms with Crippen LogP contribution in [-0.2, 0) is 11.2 Å². The topological polar surface area (TPSA) is 57.3 Å². The number of anilines is 4. The van der Waals surface area contributed by atoms with Crippen molar-refractivity contribution in [2.24, 2.45) is 0 Å². The minimum atomic E-state index is -0.313. The van der Waals surface area contributed by atoms with Crippen LogP contribution in [0.4, 0.5) is 27.3 Å². The molecule has 2 aromatic carbocycles. The van der Waals surface area contributed by atoms with E-state index in [1.54, 1.807) is 24.4 Å². The van der Waals surface area contributed by atoms with E-state index in [9.17, 15) is 9.18 Å². The number of carbonyl (C=O) groups is 1. The fourth-order valence-electron chi connectivity index (χ4n) is 3.41. The van der Waals surface area contributed by atoms with Crippen LogP contribution in [0.1, 0.15) is 18.4 Å². The van der Waals surface area contributed by atoms with E-state index in [2.05, 4.69) is 32.7 Å². The van der Waals surface area contributed by atoms with Crippen LogP contribution >= 0.6 is 0 Å². The van der Waals surface area contributed by atoms with Crippen molar-refractivity contribution in [2.75, 3.05) is 28.6 Å². The third-order valence-corrected chi connectivity index (χ3v) is 4.94. The predicted molar refractivity (Wildman–Crippen MR) is 114 cm³/mol. The average molecular weight is 390 g/mol. The molecule has 29 heavy (non-hydrogen) atoms. The van der Waals surface area contributed by atoms with Gasteiger partial charge in [-0.2, -0.15) is 0 Å². The van der Waals surface area contributed by atoms with E-state index in [1.807, 2.05) is 18.2 Å². The highest BCUT2D eigenvalue weighted by Gasteiger charge is 2.11. The van der Waals surface area contributed by atoms with Crippen LogP contribution in [0.2, 0.25) is 0 Å². The summed E-state index contributed by atoms with van der Waals surface area (Å²) in [5.41, 5.74) is 3.59. The smallest absolute Gasteiger partial charge is 0.228 e. The zero-order valence-corrected chi connectivity index (χ0v) is 16.1. The van der Waals surface area contributed by atoms with Gasteiger partial charge in [0.2, 0.25) is 5.91 Å². The molecule has 3 aromatic rings. The van der Waals surface area contributed by atoms with Crippen molar-refractivity contribution in [2.45, 2.75) is 19.3 Å². The maximum absolute atomic E-state index is 12.9. The Morgan fingerprint density at radius 1 is 0.931 bits per heavy atom. The first-order valence-electron chi connectivity index (χ1n) is 9.78. The van der Waals surface area contributed by atoms with Gasteiger partial charge >= 0.3 is 0 Å². The molecule has 0 saturated carbocycles. The lowest BCUT2D eigenvalue weighted by atomic mass is 10.1. The number of benzene rings is 2. The van der Waals surface area contributed by atoms with Gasteiger partial charge in [0.15, 0.2) is 0 Å². The molecule has 1 aromatic heterocycles. The summed E-state index contributed by atoms with van der Waals surface area (Å²) in [6.45, 7) is 2.26. The van der Waals surface area contributed by atoms with Crippen molar-refractivity contribution in [3.8, 4) is 0 Å². The van der Waals surface area contributed by atoms with Gasteiger partial charge in [-0.05, 0) is 66.9 Å². The molecule has 0 atom stereocenters. The quantitative estimate of drug-likeness (QED) is 0.638. The second kappa shape index (κ2) is 8.73. The normalized spacial score (nSPS) is 13.3. The number of hydrogen-bond acceptors (Lipinski definition) is 4. The molecule has 0 aliphatic carbocycles. The molecule has 1 aliphatic heterocycles. The SMILES string of the molecule is O=C(Cc1ccc(F)cc1)Nc1ccc(Nc2ccc(N3CCCC3)cc2)nc1. The highest BCUT2D eigenvalue weighted by molar-refractivity contribution is 5.92. The molecule has 148 valence electrons. The molecule has 0 spiro atoms. The highest BCUT2D eigenvalue weighted by Crippen LogP contribution is 2.23. The Labute approximate surface area is 169 Å². The molecule has 0 radical (unpaired) electrons. The lowest BCUT2D eigenvalue weighted by molar-refractivity contribution is -0.115. The maximum atomic E-state index is 12.9. The van der Waals surface area contributed by atoms with Crippen molar-refractivity contribution in [1.29, 1.82) is 0 Å². The fraction of sp³-hybridized carbons (Fsp3) is 0.217. The first kappa shape index (κ1) is 18.9. The third kappa shape index (κ3) is 5.10. The molecule has 5 nitrogen and oxygen atoms in total. The second-order valence-electron chi connectivity index (χ2n) is 7.15. The van der Waals surface area contributed by atoms with Crippen molar-refractivity contribution >= 4 is 28.8 Å². The number of halogens is 1. The summed E-state index contributed by atoms with van der Waals surface area (Å²) in [5, 5.41) is 6.08. The van der Waals surface area contributed by atoms with Crippen LogP contribution in [0.5, 0.6) is 0 Å².